The fourth-order valence-corrected chi connectivity index (χ4v) is 26.8. The summed E-state index contributed by atoms with van der Waals surface area (Å²) in [6, 6.07) is 137. The Morgan fingerprint density at radius 2 is 0.757 bits per heavy atom. The van der Waals surface area contributed by atoms with Gasteiger partial charge in [0.2, 0.25) is 0 Å². The van der Waals surface area contributed by atoms with Crippen LogP contribution in [0.5, 0.6) is 11.5 Å². The molecule has 0 N–H and O–H groups in total. The molecule has 7 heteroatoms. The fourth-order valence-electron chi connectivity index (χ4n) is 17.2. The van der Waals surface area contributed by atoms with Crippen LogP contribution in [0.15, 0.2) is 376 Å². The number of aromatic nitrogens is 4. The van der Waals surface area contributed by atoms with Gasteiger partial charge in [-0.3, -0.25) is 13.7 Å². The first kappa shape index (κ1) is 62.9. The van der Waals surface area contributed by atoms with E-state index in [1.807, 2.05) is 12.3 Å². The summed E-state index contributed by atoms with van der Waals surface area (Å²) < 4.78 is 14.0. The molecule has 0 amide bonds. The molecule has 14 aromatic carbocycles. The van der Waals surface area contributed by atoms with Gasteiger partial charge in [0.05, 0.1) is 33.4 Å². The highest BCUT2D eigenvalue weighted by molar-refractivity contribution is 7.20. The second-order valence-corrected chi connectivity index (χ2v) is 36.0. The molecule has 0 bridgehead atoms. The highest BCUT2D eigenvalue weighted by Gasteiger charge is 2.45. The predicted molar refractivity (Wildman–Crippen MR) is 431 cm³/mol. The van der Waals surface area contributed by atoms with E-state index in [4.69, 9.17) is 9.72 Å². The predicted octanol–water partition coefficient (Wildman–Crippen LogP) is 17.0. The van der Waals surface area contributed by atoms with Crippen molar-refractivity contribution >= 4 is 90.5 Å². The Kier molecular flexibility index (Phi) is 15.5. The zero-order chi connectivity index (χ0) is 69.3. The van der Waals surface area contributed by atoms with Crippen LogP contribution in [0.3, 0.4) is 0 Å². The van der Waals surface area contributed by atoms with E-state index in [9.17, 15) is 0 Å². The number of fused-ring (bicyclic) bond motifs is 6. The molecule has 17 aromatic rings. The number of rotatable bonds is 15. The van der Waals surface area contributed by atoms with Crippen molar-refractivity contribution in [2.45, 2.75) is 38.5 Å². The summed E-state index contributed by atoms with van der Waals surface area (Å²) in [4.78, 5) is 5.00. The number of ether oxygens (including phenoxy) is 1. The van der Waals surface area contributed by atoms with E-state index in [0.717, 1.165) is 72.6 Å². The van der Waals surface area contributed by atoms with Gasteiger partial charge in [-0.2, -0.15) is 0 Å². The molecule has 18 rings (SSSR count). The van der Waals surface area contributed by atoms with E-state index in [1.165, 1.54) is 69.1 Å². The monoisotopic (exact) mass is 1350 g/mol. The number of nitrogens with zero attached hydrogens (tertiary/aromatic N) is 4. The van der Waals surface area contributed by atoms with Crippen LogP contribution >= 0.6 is 0 Å². The zero-order valence-corrected chi connectivity index (χ0v) is 60.0. The highest BCUT2D eigenvalue weighted by atomic mass is 28.3. The van der Waals surface area contributed by atoms with Gasteiger partial charge in [0.15, 0.2) is 16.1 Å². The van der Waals surface area contributed by atoms with Gasteiger partial charge in [-0.25, -0.2) is 4.98 Å². The van der Waals surface area contributed by atoms with Gasteiger partial charge in [0.25, 0.3) is 6.33 Å². The SMILES string of the molecule is CC1(C)c2ccccc2C(C)(C)c2cc3c(cc21)c1ccc(Oc2cccc(-n4[c-][n+](-c5c(-c6cccc([Si](c7ccccc7)(c7ccccc7)c7ccccc7)c6)cccc5-c5cccc([Si](c6ccccc6)(c6ccccc6)c6ccccc6)c5)c5ccccc54)c2)cc1n3-c1ccccn1. The molecule has 103 heavy (non-hydrogen) atoms. The molecular weight excluding hydrogens is 1280 g/mol. The van der Waals surface area contributed by atoms with Crippen LogP contribution in [-0.4, -0.2) is 30.3 Å². The van der Waals surface area contributed by atoms with Gasteiger partial charge in [-0.15, -0.1) is 0 Å². The standard InChI is InChI=1S/C96H74N4OSi2/c1-95(2)85-53-23-24-54-86(85)96(3,4)88-66-92-84(65-87(88)95)83-59-58-72(64-91(83)100(92)93-57-27-28-60-97-93)101-71-36-31-35-70(63-71)98-67-99(90-56-26-25-55-89(90)98)94-81(68-33-29-49-79(61-68)102(73-37-11-5-12-38-73,74-39-13-6-14-40-74)75-41-15-7-16-42-75)51-32-52-82(94)69-34-30-50-80(62-69)103(76-43-17-8-18-44-76,77-45-19-9-20-46-77)78-47-21-10-22-48-78/h5-66H,1-4H3. The summed E-state index contributed by atoms with van der Waals surface area (Å²) in [5.41, 5.74) is 15.4. The summed E-state index contributed by atoms with van der Waals surface area (Å²) in [7, 11) is -5.95. The molecule has 492 valence electrons. The number of benzene rings is 14. The van der Waals surface area contributed by atoms with Crippen molar-refractivity contribution in [3.8, 4) is 50.9 Å². The summed E-state index contributed by atoms with van der Waals surface area (Å²) in [6.45, 7) is 9.49. The summed E-state index contributed by atoms with van der Waals surface area (Å²) >= 11 is 0. The smallest absolute Gasteiger partial charge is 0.269 e. The maximum absolute atomic E-state index is 7.11. The van der Waals surface area contributed by atoms with Crippen LogP contribution in [0.4, 0.5) is 0 Å². The van der Waals surface area contributed by atoms with Crippen molar-refractivity contribution in [3.05, 3.63) is 405 Å². The summed E-state index contributed by atoms with van der Waals surface area (Å²) in [6.07, 6.45) is 5.95. The lowest BCUT2D eigenvalue weighted by molar-refractivity contribution is -0.571. The lowest BCUT2D eigenvalue weighted by Gasteiger charge is -2.44. The Morgan fingerprint density at radius 1 is 0.330 bits per heavy atom. The van der Waals surface area contributed by atoms with Crippen molar-refractivity contribution in [2.24, 2.45) is 0 Å². The third kappa shape index (κ3) is 10.3. The van der Waals surface area contributed by atoms with Crippen molar-refractivity contribution in [3.63, 3.8) is 0 Å². The number of para-hydroxylation sites is 3. The average molecular weight is 1360 g/mol. The molecule has 1 aliphatic rings. The van der Waals surface area contributed by atoms with E-state index in [2.05, 4.69) is 412 Å². The normalized spacial score (nSPS) is 13.2. The molecule has 5 nitrogen and oxygen atoms in total. The van der Waals surface area contributed by atoms with E-state index < -0.39 is 16.1 Å². The third-order valence-electron chi connectivity index (χ3n) is 22.0. The van der Waals surface area contributed by atoms with Crippen LogP contribution in [0.1, 0.15) is 49.9 Å². The largest absolute Gasteiger partial charge is 0.458 e. The van der Waals surface area contributed by atoms with E-state index in [1.54, 1.807) is 0 Å². The molecule has 0 fully saturated rings. The first-order valence-electron chi connectivity index (χ1n) is 35.7. The highest BCUT2D eigenvalue weighted by Crippen LogP contribution is 2.52. The van der Waals surface area contributed by atoms with E-state index in [-0.39, 0.29) is 10.8 Å². The summed E-state index contributed by atoms with van der Waals surface area (Å²) in [5, 5.41) is 12.8. The number of hydrogen-bond donors (Lipinski definition) is 0. The molecule has 0 saturated carbocycles. The van der Waals surface area contributed by atoms with Crippen LogP contribution < -0.4 is 50.8 Å². The third-order valence-corrected chi connectivity index (χ3v) is 31.5. The Hall–Kier alpha value is -12.3. The van der Waals surface area contributed by atoms with E-state index >= 15 is 0 Å². The lowest BCUT2D eigenvalue weighted by Crippen LogP contribution is -2.74. The van der Waals surface area contributed by atoms with Crippen molar-refractivity contribution in [2.75, 3.05) is 0 Å². The molecule has 3 heterocycles. The van der Waals surface area contributed by atoms with Crippen molar-refractivity contribution in [1.82, 2.24) is 14.1 Å². The van der Waals surface area contributed by atoms with Crippen molar-refractivity contribution in [1.29, 1.82) is 0 Å². The molecular formula is C96H74N4OSi2. The Labute approximate surface area is 604 Å². The molecule has 1 aliphatic carbocycles. The molecule has 0 aliphatic heterocycles. The minimum Gasteiger partial charge on any atom is -0.458 e. The van der Waals surface area contributed by atoms with Crippen LogP contribution in [0, 0.1) is 6.33 Å². The molecule has 0 spiro atoms. The van der Waals surface area contributed by atoms with Crippen LogP contribution in [0.2, 0.25) is 0 Å². The maximum atomic E-state index is 7.11. The number of imidazole rings is 1. The van der Waals surface area contributed by atoms with Gasteiger partial charge in [-0.1, -0.05) is 337 Å². The van der Waals surface area contributed by atoms with Crippen molar-refractivity contribution < 1.29 is 9.30 Å². The minimum atomic E-state index is -2.98. The first-order chi connectivity index (χ1) is 50.6. The molecule has 0 unspecified atom stereocenters. The molecule has 3 aromatic heterocycles. The maximum Gasteiger partial charge on any atom is 0.269 e. The second-order valence-electron chi connectivity index (χ2n) is 28.3. The van der Waals surface area contributed by atoms with Crippen LogP contribution in [-0.2, 0) is 10.8 Å². The zero-order valence-electron chi connectivity index (χ0n) is 58.0. The first-order valence-corrected chi connectivity index (χ1v) is 39.7. The molecule has 0 radical (unpaired) electrons. The lowest BCUT2D eigenvalue weighted by atomic mass is 9.60. The topological polar surface area (TPSA) is 35.9 Å². The van der Waals surface area contributed by atoms with Gasteiger partial charge in [0, 0.05) is 33.9 Å². The minimum absolute atomic E-state index is 0.207. The summed E-state index contributed by atoms with van der Waals surface area (Å²) in [5.74, 6) is 2.28. The van der Waals surface area contributed by atoms with Crippen LogP contribution in [0.25, 0.3) is 72.3 Å². The quantitative estimate of drug-likeness (QED) is 0.0444. The Morgan fingerprint density at radius 3 is 1.26 bits per heavy atom. The number of pyridine rings is 1. The Balaban J connectivity index is 0.820. The number of hydrogen-bond acceptors (Lipinski definition) is 2. The Bertz CT molecular complexity index is 5630. The van der Waals surface area contributed by atoms with Gasteiger partial charge >= 0.3 is 0 Å². The van der Waals surface area contributed by atoms with E-state index in [0.29, 0.717) is 5.75 Å². The van der Waals surface area contributed by atoms with Gasteiger partial charge < -0.3 is 4.74 Å². The van der Waals surface area contributed by atoms with Gasteiger partial charge in [-0.05, 0) is 141 Å². The second kappa shape index (κ2) is 25.4. The average Bonchev–Trinajstić information content (AvgIpc) is 1.63. The molecule has 0 atom stereocenters. The van der Waals surface area contributed by atoms with Gasteiger partial charge in [0.1, 0.15) is 17.3 Å². The molecule has 0 saturated heterocycles. The fraction of sp³-hybridized carbons (Fsp3) is 0.0625.